The summed E-state index contributed by atoms with van der Waals surface area (Å²) in [6.07, 6.45) is -5.48. The monoisotopic (exact) mass is 871 g/mol. The molecule has 0 saturated carbocycles. The third kappa shape index (κ3) is 8.72. The molecule has 5 aromatic rings. The number of fused-ring (bicyclic) bond motifs is 2. The number of aryl methyl sites for hydroxylation is 1. The van der Waals surface area contributed by atoms with Gasteiger partial charge in [0.05, 0.1) is 61.1 Å². The topological polar surface area (TPSA) is 132 Å². The van der Waals surface area contributed by atoms with Crippen molar-refractivity contribution in [3.8, 4) is 11.5 Å². The van der Waals surface area contributed by atoms with Gasteiger partial charge in [-0.2, -0.15) is 18.3 Å². The number of alkyl halides is 3. The Morgan fingerprint density at radius 1 is 0.950 bits per heavy atom. The summed E-state index contributed by atoms with van der Waals surface area (Å²) >= 11 is 6.71. The molecule has 3 aromatic carbocycles. The minimum absolute atomic E-state index is 0.0579. The van der Waals surface area contributed by atoms with Gasteiger partial charge in [0, 0.05) is 64.1 Å². The van der Waals surface area contributed by atoms with Gasteiger partial charge in [-0.05, 0) is 53.9 Å². The van der Waals surface area contributed by atoms with Crippen LogP contribution in [0.15, 0.2) is 65.8 Å². The lowest BCUT2D eigenvalue weighted by Gasteiger charge is -2.33. The third-order valence-electron chi connectivity index (χ3n) is 10.4. The molecular weight excluding hydrogens is 830 g/mol. The summed E-state index contributed by atoms with van der Waals surface area (Å²) in [6.45, 7) is 0.667. The average Bonchev–Trinajstić information content (AvgIpc) is 3.37. The van der Waals surface area contributed by atoms with Gasteiger partial charge in [-0.1, -0.05) is 35.9 Å². The van der Waals surface area contributed by atoms with Crippen LogP contribution in [0.4, 0.5) is 29.1 Å². The maximum atomic E-state index is 17.2. The van der Waals surface area contributed by atoms with Gasteiger partial charge < -0.3 is 28.9 Å². The number of ether oxygens (including phenoxy) is 3. The van der Waals surface area contributed by atoms with Crippen LogP contribution in [-0.4, -0.2) is 80.1 Å². The van der Waals surface area contributed by atoms with Crippen molar-refractivity contribution in [1.29, 1.82) is 0 Å². The van der Waals surface area contributed by atoms with Crippen LogP contribution < -0.4 is 19.3 Å². The molecule has 0 fully saturated rings. The Morgan fingerprint density at radius 3 is 2.12 bits per heavy atom. The molecule has 13 nitrogen and oxygen atoms in total. The van der Waals surface area contributed by atoms with E-state index in [-0.39, 0.29) is 54.2 Å². The molecule has 60 heavy (non-hydrogen) atoms. The van der Waals surface area contributed by atoms with Gasteiger partial charge in [0.1, 0.15) is 17.3 Å². The molecule has 2 aliphatic rings. The van der Waals surface area contributed by atoms with E-state index < -0.39 is 56.5 Å². The first-order chi connectivity index (χ1) is 28.5. The maximum Gasteiger partial charge on any atom is 0.416 e. The predicted molar refractivity (Wildman–Crippen MR) is 215 cm³/mol. The number of carbonyl (C=O) groups excluding carboxylic acids is 1. The minimum atomic E-state index is -4.98. The Bertz CT molecular complexity index is 2470. The van der Waals surface area contributed by atoms with E-state index >= 15 is 4.39 Å². The maximum absolute atomic E-state index is 17.2. The summed E-state index contributed by atoms with van der Waals surface area (Å²) in [7, 11) is 2.14. The summed E-state index contributed by atoms with van der Waals surface area (Å²) in [5.41, 5.74) is 0.379. The highest BCUT2D eigenvalue weighted by atomic mass is 35.5. The van der Waals surface area contributed by atoms with E-state index in [1.165, 1.54) is 19.1 Å². The van der Waals surface area contributed by atoms with Crippen LogP contribution in [0.25, 0.3) is 0 Å². The molecule has 0 spiro atoms. The van der Waals surface area contributed by atoms with Gasteiger partial charge >= 0.3 is 6.18 Å². The van der Waals surface area contributed by atoms with Crippen molar-refractivity contribution < 1.29 is 45.0 Å². The Kier molecular flexibility index (Phi) is 12.0. The number of halogens is 5. The number of sulfone groups is 1. The van der Waals surface area contributed by atoms with E-state index in [4.69, 9.17) is 25.8 Å². The zero-order chi connectivity index (χ0) is 43.1. The number of aromatic nitrogens is 4. The molecule has 2 aromatic heterocycles. The van der Waals surface area contributed by atoms with Crippen molar-refractivity contribution in [1.82, 2.24) is 24.6 Å². The molecule has 0 radical (unpaired) electrons. The zero-order valence-electron chi connectivity index (χ0n) is 33.4. The van der Waals surface area contributed by atoms with Crippen molar-refractivity contribution in [3.05, 3.63) is 116 Å². The molecule has 19 heteroatoms. The zero-order valence-corrected chi connectivity index (χ0v) is 35.0. The van der Waals surface area contributed by atoms with Gasteiger partial charge in [0.15, 0.2) is 11.5 Å². The van der Waals surface area contributed by atoms with E-state index in [1.54, 1.807) is 77.1 Å². The fourth-order valence-electron chi connectivity index (χ4n) is 7.37. The van der Waals surface area contributed by atoms with Gasteiger partial charge in [0.2, 0.25) is 15.0 Å². The van der Waals surface area contributed by atoms with Crippen molar-refractivity contribution in [2.75, 3.05) is 50.9 Å². The summed E-state index contributed by atoms with van der Waals surface area (Å²) < 4.78 is 106. The van der Waals surface area contributed by atoms with Crippen LogP contribution in [0.3, 0.4) is 0 Å². The quantitative estimate of drug-likeness (QED) is 0.100. The highest BCUT2D eigenvalue weighted by Crippen LogP contribution is 2.44. The molecule has 0 N–H and O–H groups in total. The van der Waals surface area contributed by atoms with E-state index in [0.29, 0.717) is 42.3 Å². The molecule has 1 amide bonds. The lowest BCUT2D eigenvalue weighted by Crippen LogP contribution is -2.30. The molecule has 7 rings (SSSR count). The average molecular weight is 872 g/mol. The summed E-state index contributed by atoms with van der Waals surface area (Å²) in [6, 6.07) is 16.1. The van der Waals surface area contributed by atoms with Crippen LogP contribution in [0.2, 0.25) is 5.02 Å². The first kappa shape index (κ1) is 42.7. The Labute approximate surface area is 349 Å². The number of benzene rings is 3. The second kappa shape index (κ2) is 16.9. The lowest BCUT2D eigenvalue weighted by molar-refractivity contribution is -0.140. The number of methoxy groups -OCH3 is 2. The molecular formula is C41H42ClF4N7O6S. The standard InChI is InChI=1S/C41H42ClF4N7O6S/c1-50(2)39(54)37-35(42)32-22-51(17-6-18-53(32)49-37)38-28-23-59-33(19-30(28)47-40(48-38)60(5,55)56)34-29(41(44,45)46)15-16-31(36(34)43)52(20-24-7-11-26(57-3)12-8-24)21-25-9-13-27(58-4)14-10-25/h7-16,33H,6,17-23H2,1-5H3. The van der Waals surface area contributed by atoms with Gasteiger partial charge in [-0.25, -0.2) is 22.8 Å². The van der Waals surface area contributed by atoms with E-state index in [0.717, 1.165) is 29.5 Å². The molecule has 0 bridgehead atoms. The van der Waals surface area contributed by atoms with Crippen LogP contribution in [0.5, 0.6) is 11.5 Å². The number of hydrogen-bond acceptors (Lipinski definition) is 11. The molecule has 1 atom stereocenters. The molecule has 2 aliphatic heterocycles. The van der Waals surface area contributed by atoms with Gasteiger partial charge in [0.25, 0.3) is 5.91 Å². The molecule has 1 unspecified atom stereocenters. The number of nitrogens with zero attached hydrogens (tertiary/aromatic N) is 7. The molecule has 318 valence electrons. The lowest BCUT2D eigenvalue weighted by atomic mass is 9.93. The SMILES string of the molecule is COc1ccc(CN(Cc2ccc(OC)cc2)c2ccc(C(F)(F)F)c(C3Cc4nc(S(C)(=O)=O)nc(N5CCCn6nc(C(=O)N(C)C)c(Cl)c6C5)c4CO3)c2F)cc1. The number of hydrogen-bond donors (Lipinski definition) is 0. The minimum Gasteiger partial charge on any atom is -0.497 e. The molecule has 0 aliphatic carbocycles. The van der Waals surface area contributed by atoms with Crippen molar-refractivity contribution in [2.45, 2.75) is 63.1 Å². The first-order valence-electron chi connectivity index (χ1n) is 18.8. The van der Waals surface area contributed by atoms with Gasteiger partial charge in [-0.3, -0.25) is 9.48 Å². The molecule has 0 saturated heterocycles. The summed E-state index contributed by atoms with van der Waals surface area (Å²) in [5, 5.41) is 4.01. The van der Waals surface area contributed by atoms with E-state index in [9.17, 15) is 26.4 Å². The fourth-order valence-corrected chi connectivity index (χ4v) is 8.18. The number of rotatable bonds is 11. The summed E-state index contributed by atoms with van der Waals surface area (Å²) in [4.78, 5) is 26.3. The summed E-state index contributed by atoms with van der Waals surface area (Å²) in [5.74, 6) is -0.177. The van der Waals surface area contributed by atoms with Crippen LogP contribution in [-0.2, 0) is 60.0 Å². The first-order valence-corrected chi connectivity index (χ1v) is 21.1. The second-order valence-electron chi connectivity index (χ2n) is 14.7. The normalized spacial score (nSPS) is 15.5. The fraction of sp³-hybridized carbons (Fsp3) is 0.366. The Hall–Kier alpha value is -5.46. The number of carbonyl (C=O) groups is 1. The predicted octanol–water partition coefficient (Wildman–Crippen LogP) is 7.04. The van der Waals surface area contributed by atoms with E-state index in [1.807, 2.05) is 0 Å². The van der Waals surface area contributed by atoms with Crippen LogP contribution >= 0.6 is 11.6 Å². The van der Waals surface area contributed by atoms with Crippen LogP contribution in [0, 0.1) is 5.82 Å². The highest BCUT2D eigenvalue weighted by Gasteiger charge is 2.41. The van der Waals surface area contributed by atoms with Crippen molar-refractivity contribution in [2.24, 2.45) is 0 Å². The van der Waals surface area contributed by atoms with Crippen LogP contribution in [0.1, 0.15) is 62.2 Å². The largest absolute Gasteiger partial charge is 0.497 e. The van der Waals surface area contributed by atoms with E-state index in [2.05, 4.69) is 15.1 Å². The van der Waals surface area contributed by atoms with Crippen molar-refractivity contribution in [3.63, 3.8) is 0 Å². The highest BCUT2D eigenvalue weighted by molar-refractivity contribution is 7.90. The van der Waals surface area contributed by atoms with Gasteiger partial charge in [-0.15, -0.1) is 0 Å². The van der Waals surface area contributed by atoms with Crippen molar-refractivity contribution >= 4 is 38.9 Å². The Morgan fingerprint density at radius 2 is 1.57 bits per heavy atom. The molecule has 4 heterocycles. The second-order valence-corrected chi connectivity index (χ2v) is 17.0. The number of amides is 1. The third-order valence-corrected chi connectivity index (χ3v) is 11.7. The smallest absolute Gasteiger partial charge is 0.416 e. The Balaban J connectivity index is 1.30. The number of anilines is 2.